The molecule has 7 nitrogen and oxygen atoms in total. The largest absolute Gasteiger partial charge is 0.480 e. The van der Waals surface area contributed by atoms with Crippen molar-refractivity contribution in [3.63, 3.8) is 0 Å². The fourth-order valence-electron chi connectivity index (χ4n) is 4.25. The van der Waals surface area contributed by atoms with Gasteiger partial charge in [0.2, 0.25) is 0 Å². The van der Waals surface area contributed by atoms with Gasteiger partial charge < -0.3 is 26.9 Å². The highest BCUT2D eigenvalue weighted by molar-refractivity contribution is 6.09. The van der Waals surface area contributed by atoms with E-state index < -0.39 is 12.0 Å². The van der Waals surface area contributed by atoms with E-state index in [9.17, 15) is 9.59 Å². The van der Waals surface area contributed by atoms with Crippen molar-refractivity contribution >= 4 is 34.1 Å². The summed E-state index contributed by atoms with van der Waals surface area (Å²) >= 11 is 0. The van der Waals surface area contributed by atoms with Crippen LogP contribution in [-0.2, 0) is 11.3 Å². The Hall–Kier alpha value is -2.74. The van der Waals surface area contributed by atoms with Gasteiger partial charge in [0.25, 0.3) is 0 Å². The molecule has 0 unspecified atom stereocenters. The number of fused-ring (bicyclic) bond motifs is 3. The van der Waals surface area contributed by atoms with Gasteiger partial charge >= 0.3 is 5.97 Å². The summed E-state index contributed by atoms with van der Waals surface area (Å²) in [6.07, 6.45) is 9.73. The predicted molar refractivity (Wildman–Crippen MR) is 140 cm³/mol. The third-order valence-corrected chi connectivity index (χ3v) is 6.19. The first-order valence-electron chi connectivity index (χ1n) is 12.3. The van der Waals surface area contributed by atoms with Gasteiger partial charge in [-0.3, -0.25) is 9.59 Å². The Morgan fingerprint density at radius 1 is 1.09 bits per heavy atom. The number of hydrogen-bond acceptors (Lipinski definition) is 5. The van der Waals surface area contributed by atoms with Crippen LogP contribution in [0.25, 0.3) is 21.8 Å². The van der Waals surface area contributed by atoms with Crippen LogP contribution in [0.15, 0.2) is 42.5 Å². The van der Waals surface area contributed by atoms with Crippen LogP contribution in [0.1, 0.15) is 68.6 Å². The molecule has 0 radical (unpaired) electrons. The average molecular weight is 469 g/mol. The molecule has 7 heteroatoms. The van der Waals surface area contributed by atoms with Crippen LogP contribution in [0.3, 0.4) is 0 Å². The molecule has 0 spiro atoms. The van der Waals surface area contributed by atoms with Gasteiger partial charge in [-0.2, -0.15) is 0 Å². The Kier molecular flexibility index (Phi) is 11.7. The van der Waals surface area contributed by atoms with E-state index >= 15 is 0 Å². The van der Waals surface area contributed by atoms with Gasteiger partial charge in [-0.05, 0) is 63.4 Å². The number of unbranched alkanes of at least 4 members (excludes halogenated alkanes) is 1. The Labute approximate surface area is 202 Å². The maximum absolute atomic E-state index is 10.9. The maximum Gasteiger partial charge on any atom is 0.320 e. The maximum atomic E-state index is 10.9. The van der Waals surface area contributed by atoms with Crippen molar-refractivity contribution in [2.24, 2.45) is 17.2 Å². The minimum absolute atomic E-state index is 0.520. The number of carbonyl (C=O) groups is 2. The van der Waals surface area contributed by atoms with E-state index in [4.69, 9.17) is 22.3 Å². The predicted octanol–water partition coefficient (Wildman–Crippen LogP) is 4.43. The minimum atomic E-state index is -0.933. The van der Waals surface area contributed by atoms with Crippen LogP contribution in [0.5, 0.6) is 0 Å². The summed E-state index contributed by atoms with van der Waals surface area (Å²) < 4.78 is 2.28. The van der Waals surface area contributed by atoms with Crippen LogP contribution >= 0.6 is 0 Å². The second-order valence-corrected chi connectivity index (χ2v) is 8.78. The number of nitrogens with zero attached hydrogens (tertiary/aromatic N) is 1. The third kappa shape index (κ3) is 7.94. The number of carboxylic acid groups (broad SMARTS) is 1. The van der Waals surface area contributed by atoms with E-state index in [1.165, 1.54) is 48.5 Å². The summed E-state index contributed by atoms with van der Waals surface area (Å²) in [5.74, 6) is -0.933. The first-order chi connectivity index (χ1) is 16.4. The zero-order valence-corrected chi connectivity index (χ0v) is 20.3. The van der Waals surface area contributed by atoms with E-state index in [0.717, 1.165) is 36.6 Å². The van der Waals surface area contributed by atoms with Gasteiger partial charge in [0.15, 0.2) is 0 Å². The van der Waals surface area contributed by atoms with Crippen molar-refractivity contribution in [1.82, 2.24) is 4.57 Å². The topological polar surface area (TPSA) is 137 Å². The number of aldehydes is 1. The van der Waals surface area contributed by atoms with E-state index in [1.54, 1.807) is 0 Å². The van der Waals surface area contributed by atoms with Crippen LogP contribution in [0.2, 0.25) is 0 Å². The molecule has 0 saturated heterocycles. The number of benzene rings is 2. The van der Waals surface area contributed by atoms with Crippen LogP contribution in [0.4, 0.5) is 0 Å². The summed E-state index contributed by atoms with van der Waals surface area (Å²) in [5.41, 5.74) is 19.2. The number of nitrogens with two attached hydrogens (primary N) is 3. The molecule has 1 fully saturated rings. The van der Waals surface area contributed by atoms with E-state index in [1.807, 2.05) is 30.3 Å². The lowest BCUT2D eigenvalue weighted by Gasteiger charge is -2.15. The van der Waals surface area contributed by atoms with Crippen molar-refractivity contribution in [3.8, 4) is 0 Å². The normalized spacial score (nSPS) is 14.6. The zero-order chi connectivity index (χ0) is 24.9. The summed E-state index contributed by atoms with van der Waals surface area (Å²) in [5, 5.41) is 10.7. The lowest BCUT2D eigenvalue weighted by molar-refractivity contribution is -0.138. The number of carbonyl (C=O) groups excluding carboxylic acids is 1. The van der Waals surface area contributed by atoms with Gasteiger partial charge in [-0.1, -0.05) is 43.9 Å². The molecular formula is C27H40N4O3. The van der Waals surface area contributed by atoms with Crippen molar-refractivity contribution in [1.29, 1.82) is 0 Å². The Morgan fingerprint density at radius 2 is 1.76 bits per heavy atom. The molecular weight excluding hydrogens is 428 g/mol. The van der Waals surface area contributed by atoms with Crippen LogP contribution < -0.4 is 17.2 Å². The zero-order valence-electron chi connectivity index (χ0n) is 20.3. The van der Waals surface area contributed by atoms with E-state index in [-0.39, 0.29) is 0 Å². The number of aliphatic carboxylic acids is 1. The second kappa shape index (κ2) is 14.5. The summed E-state index contributed by atoms with van der Waals surface area (Å²) in [6, 6.07) is 14.0. The fraction of sp³-hybridized carbons (Fsp3) is 0.481. The van der Waals surface area contributed by atoms with Crippen molar-refractivity contribution in [2.45, 2.75) is 76.9 Å². The summed E-state index contributed by atoms with van der Waals surface area (Å²) in [4.78, 5) is 21.0. The van der Waals surface area contributed by atoms with Crippen molar-refractivity contribution in [3.05, 3.63) is 48.0 Å². The van der Waals surface area contributed by atoms with Gasteiger partial charge in [-0.15, -0.1) is 0 Å². The van der Waals surface area contributed by atoms with Crippen LogP contribution in [0, 0.1) is 0 Å². The molecule has 7 N–H and O–H groups in total. The highest BCUT2D eigenvalue weighted by Crippen LogP contribution is 2.29. The molecule has 1 aliphatic carbocycles. The Balaban J connectivity index is 0.000000204. The number of aryl methyl sites for hydroxylation is 1. The molecule has 0 bridgehead atoms. The third-order valence-electron chi connectivity index (χ3n) is 6.19. The number of hydrogen-bond donors (Lipinski definition) is 4. The van der Waals surface area contributed by atoms with Crippen molar-refractivity contribution < 1.29 is 14.7 Å². The minimum Gasteiger partial charge on any atom is -0.480 e. The molecule has 1 atom stereocenters. The molecule has 34 heavy (non-hydrogen) atoms. The molecule has 4 rings (SSSR count). The highest BCUT2D eigenvalue weighted by Gasteiger charge is 2.10. The molecule has 1 aromatic heterocycles. The number of rotatable bonds is 7. The van der Waals surface area contributed by atoms with E-state index in [2.05, 4.69) is 23.6 Å². The first-order valence-corrected chi connectivity index (χ1v) is 12.3. The number of para-hydroxylation sites is 1. The van der Waals surface area contributed by atoms with Crippen LogP contribution in [-0.4, -0.2) is 40.6 Å². The molecule has 186 valence electrons. The molecule has 1 aliphatic rings. The summed E-state index contributed by atoms with van der Waals surface area (Å²) in [7, 11) is 0. The average Bonchev–Trinajstić information content (AvgIpc) is 3.18. The first kappa shape index (κ1) is 27.5. The molecule has 1 heterocycles. The Morgan fingerprint density at radius 3 is 2.32 bits per heavy atom. The standard InChI is InChI=1S/C15H13NO.C6H14N2O2.C6H13N/c1-2-16-14-6-4-3-5-12(14)13-9-11(10-17)7-8-15(13)16;7-4-2-1-3-5(8)6(9)10;7-6-4-2-1-3-5-6/h3-10H,2H2,1H3;5H,1-4,7-8H2,(H,9,10);6H,1-5,7H2/t;5-;/m.0./s1. The second-order valence-electron chi connectivity index (χ2n) is 8.78. The fourth-order valence-corrected chi connectivity index (χ4v) is 4.25. The number of carboxylic acids is 1. The molecule has 2 aromatic carbocycles. The highest BCUT2D eigenvalue weighted by atomic mass is 16.4. The quantitative estimate of drug-likeness (QED) is 0.299. The lowest BCUT2D eigenvalue weighted by atomic mass is 9.97. The van der Waals surface area contributed by atoms with Gasteiger partial charge in [0.05, 0.1) is 0 Å². The van der Waals surface area contributed by atoms with Gasteiger partial charge in [0, 0.05) is 40.0 Å². The molecule has 0 aliphatic heterocycles. The van der Waals surface area contributed by atoms with E-state index in [0.29, 0.717) is 19.0 Å². The summed E-state index contributed by atoms with van der Waals surface area (Å²) in [6.45, 7) is 3.68. The van der Waals surface area contributed by atoms with Crippen molar-refractivity contribution in [2.75, 3.05) is 6.54 Å². The molecule has 3 aromatic rings. The molecule has 1 saturated carbocycles. The van der Waals surface area contributed by atoms with Gasteiger partial charge in [0.1, 0.15) is 12.3 Å². The number of aromatic nitrogens is 1. The monoisotopic (exact) mass is 468 g/mol. The Bertz CT molecular complexity index is 1040. The lowest BCUT2D eigenvalue weighted by Crippen LogP contribution is -2.29. The SMILES string of the molecule is CCn1c2ccccc2c2cc(C=O)ccc21.NC1CCCCC1.NCCCC[C@H](N)C(=O)O. The molecule has 0 amide bonds. The van der Waals surface area contributed by atoms with Gasteiger partial charge in [-0.25, -0.2) is 0 Å². The smallest absolute Gasteiger partial charge is 0.320 e.